The molecule has 0 atom stereocenters. The smallest absolute Gasteiger partial charge is 0.208 e. The van der Waals surface area contributed by atoms with Gasteiger partial charge in [0.1, 0.15) is 0 Å². The highest BCUT2D eigenvalue weighted by atomic mass is 16.5. The first-order chi connectivity index (χ1) is 8.69. The number of nitrogens with two attached hydrogens (primary N) is 1. The molecule has 2 rings (SSSR count). The van der Waals surface area contributed by atoms with Crippen LogP contribution in [0.4, 0.5) is 0 Å². The van der Waals surface area contributed by atoms with E-state index in [-0.39, 0.29) is 6.54 Å². The second-order valence-electron chi connectivity index (χ2n) is 3.80. The van der Waals surface area contributed by atoms with Crippen molar-refractivity contribution < 1.29 is 13.9 Å². The van der Waals surface area contributed by atoms with Gasteiger partial charge in [0.2, 0.25) is 5.89 Å². The summed E-state index contributed by atoms with van der Waals surface area (Å²) in [5, 5.41) is 0. The molecule has 1 aromatic carbocycles. The van der Waals surface area contributed by atoms with Gasteiger partial charge in [0, 0.05) is 5.56 Å². The number of benzene rings is 1. The van der Waals surface area contributed by atoms with Gasteiger partial charge in [-0.25, -0.2) is 4.98 Å². The van der Waals surface area contributed by atoms with Crippen LogP contribution in [0.5, 0.6) is 11.5 Å². The molecule has 5 nitrogen and oxygen atoms in total. The van der Waals surface area contributed by atoms with Crippen LogP contribution in [0.2, 0.25) is 0 Å². The van der Waals surface area contributed by atoms with Gasteiger partial charge in [-0.1, -0.05) is 0 Å². The molecule has 0 unspecified atom stereocenters. The lowest BCUT2D eigenvalue weighted by atomic mass is 10.1. The van der Waals surface area contributed by atoms with Gasteiger partial charge in [0.25, 0.3) is 0 Å². The molecule has 2 N–H and O–H groups in total. The van der Waals surface area contributed by atoms with E-state index in [0.29, 0.717) is 23.1 Å². The van der Waals surface area contributed by atoms with E-state index < -0.39 is 0 Å². The lowest BCUT2D eigenvalue weighted by molar-refractivity contribution is 0.355. The van der Waals surface area contributed by atoms with Gasteiger partial charge in [-0.3, -0.25) is 0 Å². The van der Waals surface area contributed by atoms with Crippen molar-refractivity contribution in [3.05, 3.63) is 29.8 Å². The van der Waals surface area contributed by atoms with E-state index in [1.165, 1.54) is 0 Å². The number of ether oxygens (including phenoxy) is 2. The second kappa shape index (κ2) is 5.10. The Morgan fingerprint density at radius 1 is 1.22 bits per heavy atom. The first kappa shape index (κ1) is 12.4. The zero-order valence-corrected chi connectivity index (χ0v) is 10.7. The third-order valence-corrected chi connectivity index (χ3v) is 2.66. The summed E-state index contributed by atoms with van der Waals surface area (Å²) in [5.41, 5.74) is 7.21. The Bertz CT molecular complexity index is 549. The third kappa shape index (κ3) is 2.17. The Kier molecular flexibility index (Phi) is 3.53. The molecule has 2 aromatic rings. The van der Waals surface area contributed by atoms with E-state index in [0.717, 1.165) is 11.3 Å². The summed E-state index contributed by atoms with van der Waals surface area (Å²) < 4.78 is 16.0. The molecule has 0 aliphatic carbocycles. The van der Waals surface area contributed by atoms with E-state index >= 15 is 0 Å². The van der Waals surface area contributed by atoms with Crippen LogP contribution in [-0.2, 0) is 6.54 Å². The van der Waals surface area contributed by atoms with E-state index in [1.54, 1.807) is 14.2 Å². The molecule has 0 radical (unpaired) electrons. The molecule has 5 heteroatoms. The van der Waals surface area contributed by atoms with Crippen LogP contribution < -0.4 is 15.2 Å². The Balaban J connectivity index is 2.47. The second-order valence-corrected chi connectivity index (χ2v) is 3.80. The number of oxazole rings is 1. The molecular formula is C13H16N2O3. The molecule has 0 fully saturated rings. The number of hydrogen-bond donors (Lipinski definition) is 1. The van der Waals surface area contributed by atoms with Gasteiger partial charge in [0.05, 0.1) is 26.5 Å². The number of hydrogen-bond acceptors (Lipinski definition) is 5. The summed E-state index contributed by atoms with van der Waals surface area (Å²) in [4.78, 5) is 4.24. The summed E-state index contributed by atoms with van der Waals surface area (Å²) in [6.45, 7) is 2.17. The predicted molar refractivity (Wildman–Crippen MR) is 67.7 cm³/mol. The molecule has 0 spiro atoms. The number of aromatic nitrogens is 1. The highest BCUT2D eigenvalue weighted by molar-refractivity contribution is 5.64. The lowest BCUT2D eigenvalue weighted by Gasteiger charge is -2.08. The van der Waals surface area contributed by atoms with Crippen molar-refractivity contribution in [3.8, 4) is 22.8 Å². The monoisotopic (exact) mass is 248 g/mol. The summed E-state index contributed by atoms with van der Waals surface area (Å²) >= 11 is 0. The van der Waals surface area contributed by atoms with Crippen molar-refractivity contribution in [2.45, 2.75) is 13.5 Å². The average molecular weight is 248 g/mol. The maximum atomic E-state index is 5.59. The van der Waals surface area contributed by atoms with Crippen LogP contribution in [0.25, 0.3) is 11.3 Å². The Morgan fingerprint density at radius 3 is 2.50 bits per heavy atom. The summed E-state index contributed by atoms with van der Waals surface area (Å²) in [6, 6.07) is 5.58. The zero-order chi connectivity index (χ0) is 13.1. The van der Waals surface area contributed by atoms with Gasteiger partial charge in [-0.2, -0.15) is 0 Å². The van der Waals surface area contributed by atoms with E-state index in [4.69, 9.17) is 19.6 Å². The van der Waals surface area contributed by atoms with Crippen molar-refractivity contribution in [3.63, 3.8) is 0 Å². The van der Waals surface area contributed by atoms with Crippen molar-refractivity contribution in [1.29, 1.82) is 0 Å². The average Bonchev–Trinajstić information content (AvgIpc) is 2.79. The maximum Gasteiger partial charge on any atom is 0.208 e. The molecule has 0 aliphatic rings. The van der Waals surface area contributed by atoms with Crippen LogP contribution in [0, 0.1) is 6.92 Å². The minimum atomic E-state index is 0.286. The molecule has 96 valence electrons. The minimum Gasteiger partial charge on any atom is -0.493 e. The fraction of sp³-hybridized carbons (Fsp3) is 0.308. The molecule has 0 bridgehead atoms. The van der Waals surface area contributed by atoms with E-state index in [2.05, 4.69) is 4.98 Å². The van der Waals surface area contributed by atoms with Crippen LogP contribution in [0.3, 0.4) is 0 Å². The van der Waals surface area contributed by atoms with Crippen LogP contribution in [-0.4, -0.2) is 19.2 Å². The fourth-order valence-electron chi connectivity index (χ4n) is 1.78. The van der Waals surface area contributed by atoms with Gasteiger partial charge < -0.3 is 19.6 Å². The minimum absolute atomic E-state index is 0.286. The summed E-state index contributed by atoms with van der Waals surface area (Å²) in [6.07, 6.45) is 0. The summed E-state index contributed by atoms with van der Waals surface area (Å²) in [5.74, 6) is 2.56. The van der Waals surface area contributed by atoms with Gasteiger partial charge in [-0.05, 0) is 25.1 Å². The fourth-order valence-corrected chi connectivity index (χ4v) is 1.78. The van der Waals surface area contributed by atoms with Crippen molar-refractivity contribution in [2.24, 2.45) is 5.73 Å². The lowest BCUT2D eigenvalue weighted by Crippen LogP contribution is -1.95. The van der Waals surface area contributed by atoms with Crippen LogP contribution in [0.15, 0.2) is 22.6 Å². The quantitative estimate of drug-likeness (QED) is 0.897. The highest BCUT2D eigenvalue weighted by Gasteiger charge is 2.13. The highest BCUT2D eigenvalue weighted by Crippen LogP contribution is 2.33. The molecule has 0 saturated carbocycles. The number of aryl methyl sites for hydroxylation is 1. The Hall–Kier alpha value is -2.01. The van der Waals surface area contributed by atoms with Crippen LogP contribution in [0.1, 0.15) is 11.6 Å². The first-order valence-electron chi connectivity index (χ1n) is 5.58. The first-order valence-corrected chi connectivity index (χ1v) is 5.58. The molecule has 0 saturated heterocycles. The normalized spacial score (nSPS) is 10.4. The third-order valence-electron chi connectivity index (χ3n) is 2.66. The van der Waals surface area contributed by atoms with E-state index in [9.17, 15) is 0 Å². The molecule has 18 heavy (non-hydrogen) atoms. The van der Waals surface area contributed by atoms with Crippen molar-refractivity contribution in [1.82, 2.24) is 4.98 Å². The van der Waals surface area contributed by atoms with Gasteiger partial charge in [0.15, 0.2) is 17.3 Å². The maximum absolute atomic E-state index is 5.59. The Labute approximate surface area is 106 Å². The van der Waals surface area contributed by atoms with Crippen molar-refractivity contribution in [2.75, 3.05) is 14.2 Å². The SMILES string of the molecule is COc1ccc(-c2oc(CN)nc2C)cc1OC. The molecule has 1 heterocycles. The van der Waals surface area contributed by atoms with E-state index in [1.807, 2.05) is 25.1 Å². The van der Waals surface area contributed by atoms with Crippen LogP contribution >= 0.6 is 0 Å². The molecule has 0 aliphatic heterocycles. The predicted octanol–water partition coefficient (Wildman–Crippen LogP) is 2.13. The Morgan fingerprint density at radius 2 is 1.94 bits per heavy atom. The number of rotatable bonds is 4. The molecule has 1 aromatic heterocycles. The number of methoxy groups -OCH3 is 2. The van der Waals surface area contributed by atoms with Gasteiger partial charge >= 0.3 is 0 Å². The number of nitrogens with zero attached hydrogens (tertiary/aromatic N) is 1. The van der Waals surface area contributed by atoms with Gasteiger partial charge in [-0.15, -0.1) is 0 Å². The summed E-state index contributed by atoms with van der Waals surface area (Å²) in [7, 11) is 3.20. The molecular weight excluding hydrogens is 232 g/mol. The zero-order valence-electron chi connectivity index (χ0n) is 10.7. The largest absolute Gasteiger partial charge is 0.493 e. The standard InChI is InChI=1S/C13H16N2O3/c1-8-13(18-12(7-14)15-8)9-4-5-10(16-2)11(6-9)17-3/h4-6H,7,14H2,1-3H3. The molecule has 0 amide bonds. The topological polar surface area (TPSA) is 70.5 Å². The van der Waals surface area contributed by atoms with Crippen molar-refractivity contribution >= 4 is 0 Å².